The topological polar surface area (TPSA) is 54.4 Å². The molecule has 1 atom stereocenters. The summed E-state index contributed by atoms with van der Waals surface area (Å²) < 4.78 is 0. The van der Waals surface area contributed by atoms with Gasteiger partial charge in [-0.3, -0.25) is 9.59 Å². The van der Waals surface area contributed by atoms with Gasteiger partial charge in [-0.25, -0.2) is 0 Å². The number of unbranched alkanes of at least 4 members (excludes halogenated alkanes) is 4. The zero-order chi connectivity index (χ0) is 17.2. The summed E-state index contributed by atoms with van der Waals surface area (Å²) in [4.78, 5) is 25.0. The van der Waals surface area contributed by atoms with E-state index in [0.29, 0.717) is 29.5 Å². The van der Waals surface area contributed by atoms with Crippen LogP contribution in [0.25, 0.3) is 0 Å². The molecule has 0 spiro atoms. The Kier molecular flexibility index (Phi) is 8.78. The predicted octanol–water partition coefficient (Wildman–Crippen LogP) is 5.27. The predicted molar refractivity (Wildman–Crippen MR) is 94.0 cm³/mol. The molecule has 0 aliphatic carbocycles. The summed E-state index contributed by atoms with van der Waals surface area (Å²) in [5.41, 5.74) is 1.70. The van der Waals surface area contributed by atoms with Crippen molar-refractivity contribution >= 4 is 11.6 Å². The average molecular weight is 318 g/mol. The molecule has 23 heavy (non-hydrogen) atoms. The van der Waals surface area contributed by atoms with E-state index in [1.807, 2.05) is 0 Å². The van der Waals surface area contributed by atoms with Gasteiger partial charge in [-0.05, 0) is 31.4 Å². The highest BCUT2D eigenvalue weighted by atomic mass is 16.3. The number of hydrogen-bond donors (Lipinski definition) is 1. The highest BCUT2D eigenvalue weighted by Gasteiger charge is 2.18. The van der Waals surface area contributed by atoms with Gasteiger partial charge in [-0.1, -0.05) is 51.7 Å². The van der Waals surface area contributed by atoms with E-state index < -0.39 is 6.10 Å². The zero-order valence-corrected chi connectivity index (χ0v) is 14.7. The van der Waals surface area contributed by atoms with Crippen LogP contribution >= 0.6 is 0 Å². The van der Waals surface area contributed by atoms with Crippen LogP contribution in [0.2, 0.25) is 0 Å². The van der Waals surface area contributed by atoms with Crippen molar-refractivity contribution in [3.05, 3.63) is 34.9 Å². The van der Waals surface area contributed by atoms with E-state index in [4.69, 9.17) is 0 Å². The smallest absolute Gasteiger partial charge is 0.163 e. The molecule has 1 aromatic carbocycles. The fourth-order valence-electron chi connectivity index (χ4n) is 2.64. The summed E-state index contributed by atoms with van der Waals surface area (Å²) in [7, 11) is 0. The molecule has 0 bridgehead atoms. The Balaban J connectivity index is 2.98. The number of carbonyl (C=O) groups excluding carboxylic acids is 2. The first-order chi connectivity index (χ1) is 11.0. The van der Waals surface area contributed by atoms with Crippen LogP contribution < -0.4 is 0 Å². The first-order valence-corrected chi connectivity index (χ1v) is 8.89. The van der Waals surface area contributed by atoms with Crippen molar-refractivity contribution < 1.29 is 14.7 Å². The summed E-state index contributed by atoms with van der Waals surface area (Å²) in [5.74, 6) is 0.0502. The molecular weight excluding hydrogens is 288 g/mol. The molecule has 128 valence electrons. The summed E-state index contributed by atoms with van der Waals surface area (Å²) >= 11 is 0. The number of Topliss-reactive ketones (excluding diaryl/α,β-unsaturated/α-hetero) is 2. The van der Waals surface area contributed by atoms with E-state index in [2.05, 4.69) is 13.8 Å². The Morgan fingerprint density at radius 3 is 1.91 bits per heavy atom. The maximum absolute atomic E-state index is 12.5. The van der Waals surface area contributed by atoms with Crippen molar-refractivity contribution in [3.8, 4) is 0 Å². The lowest BCUT2D eigenvalue weighted by atomic mass is 9.92. The third kappa shape index (κ3) is 6.26. The van der Waals surface area contributed by atoms with Crippen LogP contribution in [0.15, 0.2) is 18.2 Å². The number of hydrogen-bond acceptors (Lipinski definition) is 3. The first-order valence-electron chi connectivity index (χ1n) is 8.89. The minimum absolute atomic E-state index is 0.0137. The number of benzene rings is 1. The number of aliphatic hydroxyl groups is 1. The van der Waals surface area contributed by atoms with Crippen LogP contribution in [0, 0.1) is 0 Å². The molecule has 0 saturated carbocycles. The molecule has 1 unspecified atom stereocenters. The van der Waals surface area contributed by atoms with Crippen LogP contribution in [0.3, 0.4) is 0 Å². The van der Waals surface area contributed by atoms with Crippen molar-refractivity contribution in [1.29, 1.82) is 0 Å². The lowest BCUT2D eigenvalue weighted by molar-refractivity contribution is 0.0945. The van der Waals surface area contributed by atoms with Gasteiger partial charge in [0.1, 0.15) is 0 Å². The van der Waals surface area contributed by atoms with Crippen molar-refractivity contribution in [2.75, 3.05) is 0 Å². The molecule has 0 heterocycles. The second-order valence-electron chi connectivity index (χ2n) is 6.24. The quantitative estimate of drug-likeness (QED) is 0.447. The maximum atomic E-state index is 12.5. The fraction of sp³-hybridized carbons (Fsp3) is 0.600. The van der Waals surface area contributed by atoms with Gasteiger partial charge in [0, 0.05) is 24.0 Å². The van der Waals surface area contributed by atoms with E-state index in [1.165, 1.54) is 0 Å². The average Bonchev–Trinajstić information content (AvgIpc) is 2.54. The molecule has 0 saturated heterocycles. The third-order valence-corrected chi connectivity index (χ3v) is 4.14. The monoisotopic (exact) mass is 318 g/mol. The van der Waals surface area contributed by atoms with Gasteiger partial charge in [-0.15, -0.1) is 0 Å². The van der Waals surface area contributed by atoms with Gasteiger partial charge >= 0.3 is 0 Å². The molecule has 1 aromatic rings. The molecule has 0 aliphatic rings. The molecule has 1 N–H and O–H groups in total. The third-order valence-electron chi connectivity index (χ3n) is 4.14. The molecule has 0 radical (unpaired) electrons. The minimum atomic E-state index is -0.638. The molecule has 0 fully saturated rings. The van der Waals surface area contributed by atoms with Crippen molar-refractivity contribution in [2.24, 2.45) is 0 Å². The number of ketones is 2. The molecule has 3 heteroatoms. The van der Waals surface area contributed by atoms with Crippen LogP contribution in [0.4, 0.5) is 0 Å². The normalized spacial score (nSPS) is 12.2. The van der Waals surface area contributed by atoms with Crippen LogP contribution in [0.5, 0.6) is 0 Å². The molecule has 3 nitrogen and oxygen atoms in total. The second kappa shape index (κ2) is 10.3. The molecule has 0 amide bonds. The van der Waals surface area contributed by atoms with Gasteiger partial charge in [0.25, 0.3) is 0 Å². The van der Waals surface area contributed by atoms with E-state index in [9.17, 15) is 14.7 Å². The lowest BCUT2D eigenvalue weighted by Crippen LogP contribution is -2.11. The number of carbonyl (C=O) groups is 2. The Hall–Kier alpha value is -1.48. The first kappa shape index (κ1) is 19.6. The summed E-state index contributed by atoms with van der Waals surface area (Å²) in [6.45, 7) is 5.87. The molecule has 0 aromatic heterocycles. The fourth-order valence-corrected chi connectivity index (χ4v) is 2.64. The van der Waals surface area contributed by atoms with E-state index in [-0.39, 0.29) is 11.6 Å². The van der Waals surface area contributed by atoms with Gasteiger partial charge in [0.2, 0.25) is 0 Å². The summed E-state index contributed by atoms with van der Waals surface area (Å²) in [6, 6.07) is 5.16. The SMILES string of the molecule is CCCCCC(=O)c1ccc(C(C)O)cc1C(=O)CCCCC. The largest absolute Gasteiger partial charge is 0.389 e. The van der Waals surface area contributed by atoms with Crippen molar-refractivity contribution in [1.82, 2.24) is 0 Å². The van der Waals surface area contributed by atoms with Gasteiger partial charge in [-0.2, -0.15) is 0 Å². The van der Waals surface area contributed by atoms with Crippen molar-refractivity contribution in [3.63, 3.8) is 0 Å². The highest BCUT2D eigenvalue weighted by molar-refractivity contribution is 6.09. The van der Waals surface area contributed by atoms with Gasteiger partial charge in [0.15, 0.2) is 11.6 Å². The van der Waals surface area contributed by atoms with E-state index in [0.717, 1.165) is 38.5 Å². The van der Waals surface area contributed by atoms with Crippen LogP contribution in [0.1, 0.15) is 105 Å². The number of aliphatic hydroxyl groups excluding tert-OH is 1. The Morgan fingerprint density at radius 2 is 1.43 bits per heavy atom. The summed E-state index contributed by atoms with van der Waals surface area (Å²) in [6.07, 6.45) is 6.18. The minimum Gasteiger partial charge on any atom is -0.389 e. The molecule has 0 aliphatic heterocycles. The zero-order valence-electron chi connectivity index (χ0n) is 14.7. The van der Waals surface area contributed by atoms with Crippen LogP contribution in [-0.4, -0.2) is 16.7 Å². The van der Waals surface area contributed by atoms with E-state index in [1.54, 1.807) is 25.1 Å². The highest BCUT2D eigenvalue weighted by Crippen LogP contribution is 2.22. The van der Waals surface area contributed by atoms with E-state index >= 15 is 0 Å². The number of rotatable bonds is 11. The Bertz CT molecular complexity index is 518. The molecular formula is C20H30O3. The Morgan fingerprint density at radius 1 is 0.913 bits per heavy atom. The van der Waals surface area contributed by atoms with Crippen molar-refractivity contribution in [2.45, 2.75) is 78.2 Å². The molecule has 1 rings (SSSR count). The second-order valence-corrected chi connectivity index (χ2v) is 6.24. The van der Waals surface area contributed by atoms with Gasteiger partial charge < -0.3 is 5.11 Å². The standard InChI is InChI=1S/C20H30O3/c1-4-6-8-10-19(22)17-13-12-16(15(3)21)14-18(17)20(23)11-9-7-5-2/h12-15,21H,4-11H2,1-3H3. The lowest BCUT2D eigenvalue weighted by Gasteiger charge is -2.12. The Labute approximate surface area is 140 Å². The summed E-state index contributed by atoms with van der Waals surface area (Å²) in [5, 5.41) is 9.75. The van der Waals surface area contributed by atoms with Gasteiger partial charge in [0.05, 0.1) is 6.10 Å². The van der Waals surface area contributed by atoms with Crippen LogP contribution in [-0.2, 0) is 0 Å². The maximum Gasteiger partial charge on any atom is 0.163 e.